The van der Waals surface area contributed by atoms with E-state index in [1.807, 2.05) is 5.32 Å². The second kappa shape index (κ2) is 13.0. The zero-order valence-corrected chi connectivity index (χ0v) is 22.7. The van der Waals surface area contributed by atoms with Crippen molar-refractivity contribution in [2.24, 2.45) is 4.99 Å². The van der Waals surface area contributed by atoms with Crippen molar-refractivity contribution >= 4 is 46.5 Å². The van der Waals surface area contributed by atoms with E-state index in [1.165, 1.54) is 30.6 Å². The van der Waals surface area contributed by atoms with Gasteiger partial charge in [-0.25, -0.2) is 14.2 Å². The molecule has 2 aliphatic rings. The molecule has 0 spiro atoms. The molecule has 2 amide bonds. The van der Waals surface area contributed by atoms with Crippen molar-refractivity contribution in [2.45, 2.75) is 31.5 Å². The molecule has 0 bridgehead atoms. The molecule has 0 unspecified atom stereocenters. The minimum atomic E-state index is -2.84. The Morgan fingerprint density at radius 2 is 2.23 bits per heavy atom. The summed E-state index contributed by atoms with van der Waals surface area (Å²) < 4.78 is 44.0. The molecule has 1 saturated heterocycles. The van der Waals surface area contributed by atoms with Gasteiger partial charge in [0.25, 0.3) is 0 Å². The lowest BCUT2D eigenvalue weighted by molar-refractivity contribution is -0.128. The molecule has 0 aliphatic carbocycles. The van der Waals surface area contributed by atoms with Crippen LogP contribution >= 0.6 is 22.9 Å². The van der Waals surface area contributed by atoms with E-state index in [0.29, 0.717) is 28.5 Å². The average Bonchev–Trinajstić information content (AvgIpc) is 3.57. The molecule has 1 fully saturated rings. The first-order valence-corrected chi connectivity index (χ1v) is 13.3. The highest BCUT2D eigenvalue weighted by atomic mass is 35.5. The first-order valence-electron chi connectivity index (χ1n) is 12.0. The number of halogens is 4. The fourth-order valence-corrected chi connectivity index (χ4v) is 5.25. The van der Waals surface area contributed by atoms with Crippen LogP contribution in [0.25, 0.3) is 0 Å². The zero-order valence-electron chi connectivity index (χ0n) is 21.1. The molecule has 2 aromatic rings. The number of rotatable bonds is 10. The number of hydrogen-bond acceptors (Lipinski definition) is 9. The van der Waals surface area contributed by atoms with Crippen LogP contribution in [0.2, 0.25) is 5.02 Å². The highest BCUT2D eigenvalue weighted by Crippen LogP contribution is 2.37. The minimum absolute atomic E-state index is 0.0279. The predicted molar refractivity (Wildman–Crippen MR) is 144 cm³/mol. The van der Waals surface area contributed by atoms with Crippen LogP contribution in [0, 0.1) is 11.2 Å². The van der Waals surface area contributed by atoms with Gasteiger partial charge in [-0.15, -0.1) is 11.3 Å². The van der Waals surface area contributed by atoms with Crippen molar-refractivity contribution in [3.05, 3.63) is 74.7 Å². The number of benzene rings is 1. The van der Waals surface area contributed by atoms with Crippen molar-refractivity contribution in [1.29, 1.82) is 5.41 Å². The van der Waals surface area contributed by atoms with Crippen LogP contribution in [0.15, 0.2) is 58.3 Å². The van der Waals surface area contributed by atoms with E-state index >= 15 is 0 Å². The van der Waals surface area contributed by atoms with Gasteiger partial charge >= 0.3 is 12.6 Å². The lowest BCUT2D eigenvalue weighted by Gasteiger charge is -2.32. The smallest absolute Gasteiger partial charge is 0.406 e. The lowest BCUT2D eigenvalue weighted by atomic mass is 9.91. The number of likely N-dealkylation sites (tertiary alicyclic amines) is 1. The van der Waals surface area contributed by atoms with E-state index in [2.05, 4.69) is 20.4 Å². The van der Waals surface area contributed by atoms with Crippen LogP contribution in [0.5, 0.6) is 0 Å². The number of aromatic nitrogens is 1. The SMILES string of the molecule is COC(=O)NC[C@@H]1CCC(=O)N1CC1=C(C(=N)/C=C\NC(F)F)[C@H](c2ccc(F)cc2Cl)N=C(c2nccs2)N1. The third-order valence-electron chi connectivity index (χ3n) is 6.23. The number of amidine groups is 1. The summed E-state index contributed by atoms with van der Waals surface area (Å²) in [4.78, 5) is 35.2. The number of nitrogens with zero attached hydrogens (tertiary/aromatic N) is 3. The van der Waals surface area contributed by atoms with Crippen LogP contribution in [0.1, 0.15) is 29.5 Å². The molecule has 1 aromatic heterocycles. The molecule has 2 aliphatic heterocycles. The molecular weight excluding hydrogens is 571 g/mol. The summed E-state index contributed by atoms with van der Waals surface area (Å²) >= 11 is 7.72. The van der Waals surface area contributed by atoms with Gasteiger partial charge in [0.05, 0.1) is 25.4 Å². The molecule has 0 radical (unpaired) electrons. The molecule has 3 heterocycles. The second-order valence-corrected chi connectivity index (χ2v) is 10.0. The van der Waals surface area contributed by atoms with E-state index in [1.54, 1.807) is 16.5 Å². The van der Waals surface area contributed by atoms with Crippen LogP contribution in [0.3, 0.4) is 0 Å². The fourth-order valence-electron chi connectivity index (χ4n) is 4.39. The number of methoxy groups -OCH3 is 1. The van der Waals surface area contributed by atoms with Gasteiger partial charge in [-0.1, -0.05) is 17.7 Å². The van der Waals surface area contributed by atoms with Crippen molar-refractivity contribution in [1.82, 2.24) is 25.8 Å². The Labute approximate surface area is 236 Å². The average molecular weight is 596 g/mol. The maximum atomic E-state index is 13.9. The maximum absolute atomic E-state index is 13.9. The van der Waals surface area contributed by atoms with Crippen molar-refractivity contribution < 1.29 is 27.5 Å². The van der Waals surface area contributed by atoms with Crippen LogP contribution < -0.4 is 16.0 Å². The normalized spacial score (nSPS) is 19.2. The van der Waals surface area contributed by atoms with E-state index < -0.39 is 24.5 Å². The van der Waals surface area contributed by atoms with Gasteiger partial charge in [0.2, 0.25) is 5.91 Å². The Morgan fingerprint density at radius 3 is 2.90 bits per heavy atom. The minimum Gasteiger partial charge on any atom is -0.453 e. The molecule has 10 nitrogen and oxygen atoms in total. The summed E-state index contributed by atoms with van der Waals surface area (Å²) in [7, 11) is 1.23. The summed E-state index contributed by atoms with van der Waals surface area (Å²) in [5.74, 6) is -0.420. The third-order valence-corrected chi connectivity index (χ3v) is 7.34. The lowest BCUT2D eigenvalue weighted by Crippen LogP contribution is -2.46. The summed E-state index contributed by atoms with van der Waals surface area (Å²) in [6.45, 7) is -2.74. The number of alkyl carbamates (subject to hydrolysis) is 1. The van der Waals surface area contributed by atoms with Gasteiger partial charge in [0, 0.05) is 52.6 Å². The molecule has 212 valence electrons. The fraction of sp³-hybridized carbons (Fsp3) is 0.320. The largest absolute Gasteiger partial charge is 0.453 e. The first kappa shape index (κ1) is 29.1. The number of amides is 2. The molecule has 2 atom stereocenters. The highest BCUT2D eigenvalue weighted by Gasteiger charge is 2.36. The highest BCUT2D eigenvalue weighted by molar-refractivity contribution is 7.11. The third kappa shape index (κ3) is 6.80. The molecule has 4 N–H and O–H groups in total. The van der Waals surface area contributed by atoms with Gasteiger partial charge < -0.3 is 31.0 Å². The number of carbonyl (C=O) groups is 2. The number of hydrogen-bond donors (Lipinski definition) is 4. The van der Waals surface area contributed by atoms with Crippen molar-refractivity contribution in [2.75, 3.05) is 20.2 Å². The number of carbonyl (C=O) groups excluding carboxylic acids is 2. The van der Waals surface area contributed by atoms with E-state index in [-0.39, 0.29) is 47.8 Å². The molecule has 15 heteroatoms. The second-order valence-electron chi connectivity index (χ2n) is 8.70. The Bertz CT molecular complexity index is 1370. The molecule has 0 saturated carbocycles. The number of alkyl halides is 2. The summed E-state index contributed by atoms with van der Waals surface area (Å²) in [5.41, 5.74) is 0.776. The topological polar surface area (TPSA) is 132 Å². The number of thiazole rings is 1. The van der Waals surface area contributed by atoms with Crippen molar-refractivity contribution in [3.8, 4) is 0 Å². The van der Waals surface area contributed by atoms with Crippen LogP contribution in [0.4, 0.5) is 18.0 Å². The van der Waals surface area contributed by atoms with Gasteiger partial charge in [-0.3, -0.25) is 9.79 Å². The summed E-state index contributed by atoms with van der Waals surface area (Å²) in [6, 6.07) is 2.42. The Hall–Kier alpha value is -3.91. The Kier molecular flexibility index (Phi) is 9.42. The molecule has 1 aromatic carbocycles. The number of ether oxygens (including phenoxy) is 1. The van der Waals surface area contributed by atoms with Crippen LogP contribution in [-0.2, 0) is 9.53 Å². The summed E-state index contributed by atoms with van der Waals surface area (Å²) in [5, 5.41) is 18.7. The first-order chi connectivity index (χ1) is 19.2. The predicted octanol–water partition coefficient (Wildman–Crippen LogP) is 3.97. The zero-order chi connectivity index (χ0) is 28.8. The Morgan fingerprint density at radius 1 is 1.43 bits per heavy atom. The van der Waals surface area contributed by atoms with Gasteiger partial charge in [0.15, 0.2) is 10.8 Å². The molecule has 4 rings (SSSR count). The molecule has 40 heavy (non-hydrogen) atoms. The molecular formula is C25H25ClF3N7O3S. The van der Waals surface area contributed by atoms with Crippen molar-refractivity contribution in [3.63, 3.8) is 0 Å². The number of allylic oxidation sites excluding steroid dienone is 1. The van der Waals surface area contributed by atoms with Gasteiger partial charge in [-0.2, -0.15) is 8.78 Å². The van der Waals surface area contributed by atoms with E-state index in [0.717, 1.165) is 18.3 Å². The van der Waals surface area contributed by atoms with E-state index in [9.17, 15) is 22.8 Å². The van der Waals surface area contributed by atoms with Crippen LogP contribution in [-0.4, -0.2) is 66.2 Å². The monoisotopic (exact) mass is 595 g/mol. The van der Waals surface area contributed by atoms with Gasteiger partial charge in [-0.05, 0) is 24.6 Å². The quantitative estimate of drug-likeness (QED) is 0.243. The Balaban J connectivity index is 1.80. The van der Waals surface area contributed by atoms with E-state index in [4.69, 9.17) is 22.0 Å². The number of aliphatic imine (C=N–C) groups is 1. The number of nitrogens with one attached hydrogen (secondary N) is 4. The van der Waals surface area contributed by atoms with Gasteiger partial charge in [0.1, 0.15) is 11.9 Å². The standard InChI is InChI=1S/C25H25ClF3N7O3S/c1-39-25(38)33-11-14-3-5-19(37)36(14)12-18-20(17(30)6-7-32-24(28)29)21(15-4-2-13(27)10-16(15)26)35-22(34-18)23-31-8-9-40-23/h2,4,6-10,14,21,24,30,32H,3,5,11-12H2,1H3,(H,33,38)(H,34,35)/b7-6-,30-17?/t14-,21-/m0/s1. The summed E-state index contributed by atoms with van der Waals surface area (Å²) in [6.07, 6.45) is 3.74. The maximum Gasteiger partial charge on any atom is 0.406 e.